The molecule has 2 aromatic heterocycles. The summed E-state index contributed by atoms with van der Waals surface area (Å²) in [5, 5.41) is 13.8. The van der Waals surface area contributed by atoms with Gasteiger partial charge in [-0.3, -0.25) is 24.2 Å². The second-order valence-electron chi connectivity index (χ2n) is 9.62. The van der Waals surface area contributed by atoms with Crippen molar-refractivity contribution in [3.8, 4) is 0 Å². The number of thiophene rings is 1. The molecule has 0 fully saturated rings. The number of nitrogens with zero attached hydrogens (tertiary/aromatic N) is 3. The van der Waals surface area contributed by atoms with Crippen molar-refractivity contribution in [3.63, 3.8) is 0 Å². The van der Waals surface area contributed by atoms with Crippen LogP contribution in [0.1, 0.15) is 24.3 Å². The molecule has 5 rings (SSSR count). The fraction of sp³-hybridized carbons (Fsp3) is 0.241. The molecular weight excluding hydrogens is 502 g/mol. The summed E-state index contributed by atoms with van der Waals surface area (Å²) in [5.74, 6) is 0.251. The summed E-state index contributed by atoms with van der Waals surface area (Å²) in [6, 6.07) is 22.2. The molecular formula is C29H29N3O3S2. The van der Waals surface area contributed by atoms with Gasteiger partial charge < -0.3 is 0 Å². The van der Waals surface area contributed by atoms with E-state index in [1.54, 1.807) is 30.0 Å². The van der Waals surface area contributed by atoms with Crippen molar-refractivity contribution in [3.05, 3.63) is 98.0 Å². The summed E-state index contributed by atoms with van der Waals surface area (Å²) in [6.45, 7) is 4.69. The van der Waals surface area contributed by atoms with Crippen molar-refractivity contribution in [2.45, 2.75) is 36.6 Å². The lowest BCUT2D eigenvalue weighted by atomic mass is 10.0. The van der Waals surface area contributed by atoms with Gasteiger partial charge >= 0.3 is 5.69 Å². The standard InChI is InChI=1S/C29H29N3O3S2/c1-18(2)17-32-28-25(27(33)30(3)29(32)34)26(36-22-14-12-21(13-15-22)31(4)35)24(37-28)16-20-10-7-9-19-8-5-6-11-23(19)20/h5-15,18,35H,16-17H2,1-4H3. The number of aromatic nitrogens is 2. The minimum atomic E-state index is -0.281. The van der Waals surface area contributed by atoms with E-state index in [2.05, 4.69) is 44.2 Å². The van der Waals surface area contributed by atoms with E-state index in [-0.39, 0.29) is 17.2 Å². The maximum atomic E-state index is 13.5. The zero-order chi connectivity index (χ0) is 26.3. The Kier molecular flexibility index (Phi) is 6.98. The second-order valence-corrected chi connectivity index (χ2v) is 11.8. The van der Waals surface area contributed by atoms with E-state index in [9.17, 15) is 14.8 Å². The van der Waals surface area contributed by atoms with Gasteiger partial charge in [0, 0.05) is 41.7 Å². The quantitative estimate of drug-likeness (QED) is 0.256. The van der Waals surface area contributed by atoms with Crippen molar-refractivity contribution in [1.29, 1.82) is 0 Å². The highest BCUT2D eigenvalue weighted by atomic mass is 32.2. The summed E-state index contributed by atoms with van der Waals surface area (Å²) in [6.07, 6.45) is 0.652. The highest BCUT2D eigenvalue weighted by molar-refractivity contribution is 7.99. The van der Waals surface area contributed by atoms with Crippen LogP contribution in [0.5, 0.6) is 0 Å². The van der Waals surface area contributed by atoms with Crippen molar-refractivity contribution >= 4 is 49.8 Å². The van der Waals surface area contributed by atoms with Gasteiger partial charge in [-0.1, -0.05) is 68.1 Å². The predicted molar refractivity (Wildman–Crippen MR) is 154 cm³/mol. The number of hydroxylamine groups is 1. The molecule has 2 heterocycles. The van der Waals surface area contributed by atoms with Crippen LogP contribution in [-0.2, 0) is 20.0 Å². The third-order valence-corrected chi connectivity index (χ3v) is 8.91. The molecule has 37 heavy (non-hydrogen) atoms. The van der Waals surface area contributed by atoms with E-state index in [0.717, 1.165) is 24.6 Å². The maximum Gasteiger partial charge on any atom is 0.331 e. The zero-order valence-corrected chi connectivity index (χ0v) is 22.9. The summed E-state index contributed by atoms with van der Waals surface area (Å²) >= 11 is 3.07. The van der Waals surface area contributed by atoms with Crippen LogP contribution in [0.25, 0.3) is 21.0 Å². The van der Waals surface area contributed by atoms with Crippen molar-refractivity contribution in [1.82, 2.24) is 9.13 Å². The molecule has 6 nitrogen and oxygen atoms in total. The summed E-state index contributed by atoms with van der Waals surface area (Å²) in [7, 11) is 3.14. The molecule has 3 aromatic carbocycles. The molecule has 0 radical (unpaired) electrons. The summed E-state index contributed by atoms with van der Waals surface area (Å²) in [4.78, 5) is 30.3. The number of benzene rings is 3. The molecule has 0 amide bonds. The van der Waals surface area contributed by atoms with Crippen LogP contribution in [-0.4, -0.2) is 21.4 Å². The first-order chi connectivity index (χ1) is 17.7. The number of hydrogen-bond donors (Lipinski definition) is 1. The SMILES string of the molecule is CC(C)Cn1c(=O)n(C)c(=O)c2c(Sc3ccc(N(C)O)cc3)c(Cc3cccc4ccccc34)sc21. The van der Waals surface area contributed by atoms with Crippen LogP contribution in [0.15, 0.2) is 86.1 Å². The van der Waals surface area contributed by atoms with E-state index in [4.69, 9.17) is 0 Å². The van der Waals surface area contributed by atoms with Crippen LogP contribution in [0, 0.1) is 5.92 Å². The Morgan fingerprint density at radius 2 is 1.70 bits per heavy atom. The minimum Gasteiger partial charge on any atom is -0.289 e. The Morgan fingerprint density at radius 1 is 1.00 bits per heavy atom. The number of rotatable bonds is 7. The van der Waals surface area contributed by atoms with Crippen LogP contribution in [0.3, 0.4) is 0 Å². The third-order valence-electron chi connectivity index (χ3n) is 6.40. The molecule has 0 spiro atoms. The molecule has 0 aliphatic heterocycles. The Morgan fingerprint density at radius 3 is 2.41 bits per heavy atom. The lowest BCUT2D eigenvalue weighted by molar-refractivity contribution is 0.279. The molecule has 1 N–H and O–H groups in total. The molecule has 0 saturated carbocycles. The van der Waals surface area contributed by atoms with Crippen molar-refractivity contribution in [2.24, 2.45) is 13.0 Å². The molecule has 0 atom stereocenters. The molecule has 0 unspecified atom stereocenters. The monoisotopic (exact) mass is 531 g/mol. The summed E-state index contributed by atoms with van der Waals surface area (Å²) in [5.41, 5.74) is 1.31. The molecule has 0 saturated heterocycles. The lowest BCUT2D eigenvalue weighted by Crippen LogP contribution is -2.38. The average Bonchev–Trinajstić information content (AvgIpc) is 3.23. The lowest BCUT2D eigenvalue weighted by Gasteiger charge is -2.12. The molecule has 5 aromatic rings. The van der Waals surface area contributed by atoms with E-state index < -0.39 is 0 Å². The Hall–Kier alpha value is -3.33. The third kappa shape index (κ3) is 4.84. The highest BCUT2D eigenvalue weighted by Crippen LogP contribution is 2.42. The fourth-order valence-electron chi connectivity index (χ4n) is 4.57. The smallest absolute Gasteiger partial charge is 0.289 e. The number of anilines is 1. The molecule has 8 heteroatoms. The predicted octanol–water partition coefficient (Wildman–Crippen LogP) is 6.14. The molecule has 190 valence electrons. The second kappa shape index (κ2) is 10.2. The van der Waals surface area contributed by atoms with Crippen LogP contribution >= 0.6 is 23.1 Å². The number of hydrogen-bond acceptors (Lipinski definition) is 6. The van der Waals surface area contributed by atoms with Gasteiger partial charge in [-0.05, 0) is 46.5 Å². The first kappa shape index (κ1) is 25.3. The van der Waals surface area contributed by atoms with E-state index in [0.29, 0.717) is 24.0 Å². The van der Waals surface area contributed by atoms with Crippen molar-refractivity contribution in [2.75, 3.05) is 12.1 Å². The van der Waals surface area contributed by atoms with Gasteiger partial charge in [-0.25, -0.2) is 4.79 Å². The van der Waals surface area contributed by atoms with Crippen LogP contribution in [0.4, 0.5) is 5.69 Å². The van der Waals surface area contributed by atoms with Gasteiger partial charge in [0.1, 0.15) is 4.83 Å². The van der Waals surface area contributed by atoms with Crippen molar-refractivity contribution < 1.29 is 5.21 Å². The first-order valence-electron chi connectivity index (χ1n) is 12.2. The molecule has 0 aliphatic carbocycles. The molecule has 0 bridgehead atoms. The highest BCUT2D eigenvalue weighted by Gasteiger charge is 2.23. The topological polar surface area (TPSA) is 67.5 Å². The van der Waals surface area contributed by atoms with Crippen LogP contribution in [0.2, 0.25) is 0 Å². The van der Waals surface area contributed by atoms with Crippen LogP contribution < -0.4 is 16.3 Å². The number of fused-ring (bicyclic) bond motifs is 2. The summed E-state index contributed by atoms with van der Waals surface area (Å²) < 4.78 is 2.99. The molecule has 0 aliphatic rings. The Labute approximate surface area is 223 Å². The van der Waals surface area contributed by atoms with Gasteiger partial charge in [0.05, 0.1) is 11.1 Å². The van der Waals surface area contributed by atoms with Gasteiger partial charge in [-0.2, -0.15) is 0 Å². The van der Waals surface area contributed by atoms with Gasteiger partial charge in [-0.15, -0.1) is 11.3 Å². The normalized spacial score (nSPS) is 11.6. The first-order valence-corrected chi connectivity index (χ1v) is 13.8. The Bertz CT molecular complexity index is 1710. The Balaban J connectivity index is 1.73. The zero-order valence-electron chi connectivity index (χ0n) is 21.3. The van der Waals surface area contributed by atoms with E-state index >= 15 is 0 Å². The fourth-order valence-corrected chi connectivity index (χ4v) is 7.07. The largest absolute Gasteiger partial charge is 0.331 e. The van der Waals surface area contributed by atoms with Gasteiger partial charge in [0.15, 0.2) is 0 Å². The minimum absolute atomic E-state index is 0.251. The van der Waals surface area contributed by atoms with Gasteiger partial charge in [0.2, 0.25) is 0 Å². The average molecular weight is 532 g/mol. The van der Waals surface area contributed by atoms with Gasteiger partial charge in [0.25, 0.3) is 5.56 Å². The van der Waals surface area contributed by atoms with E-state index in [1.807, 2.05) is 36.4 Å². The maximum absolute atomic E-state index is 13.5. The van der Waals surface area contributed by atoms with E-state index in [1.165, 1.54) is 32.7 Å².